The lowest BCUT2D eigenvalue weighted by Gasteiger charge is -2.32. The van der Waals surface area contributed by atoms with E-state index in [-0.39, 0.29) is 20.6 Å². The van der Waals surface area contributed by atoms with Crippen molar-refractivity contribution < 1.29 is 18.3 Å². The third-order valence-electron chi connectivity index (χ3n) is 2.54. The van der Waals surface area contributed by atoms with E-state index in [4.69, 9.17) is 28.3 Å². The Morgan fingerprint density at radius 2 is 2.06 bits per heavy atom. The van der Waals surface area contributed by atoms with Gasteiger partial charge in [-0.15, -0.1) is 0 Å². The van der Waals surface area contributed by atoms with Crippen LogP contribution in [0.3, 0.4) is 0 Å². The number of nitrogens with one attached hydrogen (secondary N) is 1. The van der Waals surface area contributed by atoms with Crippen LogP contribution < -0.4 is 5.32 Å². The van der Waals surface area contributed by atoms with E-state index in [2.05, 4.69) is 5.32 Å². The molecule has 0 saturated carbocycles. The smallest absolute Gasteiger partial charge is 0.342 e. The number of aliphatic carboxylic acids is 1. The van der Waals surface area contributed by atoms with E-state index < -0.39 is 22.2 Å². The van der Waals surface area contributed by atoms with Crippen molar-refractivity contribution in [2.75, 3.05) is 12.4 Å². The van der Waals surface area contributed by atoms with Crippen LogP contribution in [0.25, 0.3) is 0 Å². The van der Waals surface area contributed by atoms with Crippen molar-refractivity contribution in [3.05, 3.63) is 22.2 Å². The van der Waals surface area contributed by atoms with Gasteiger partial charge in [0.2, 0.25) is 10.0 Å². The molecular formula is C9H8Cl2N2O4S. The van der Waals surface area contributed by atoms with Crippen molar-refractivity contribution >= 4 is 44.9 Å². The summed E-state index contributed by atoms with van der Waals surface area (Å²) in [6, 6.07) is 2.61. The number of hydrogen-bond donors (Lipinski definition) is 2. The molecule has 1 atom stereocenters. The molecule has 0 spiro atoms. The molecule has 9 heteroatoms. The molecule has 1 aliphatic heterocycles. The molecule has 0 saturated heterocycles. The molecule has 1 unspecified atom stereocenters. The van der Waals surface area contributed by atoms with Gasteiger partial charge in [-0.2, -0.15) is 4.31 Å². The average Bonchev–Trinajstić information content (AvgIpc) is 2.21. The maximum atomic E-state index is 12.1. The lowest BCUT2D eigenvalue weighted by atomic mass is 10.3. The van der Waals surface area contributed by atoms with E-state index in [1.54, 1.807) is 0 Å². The van der Waals surface area contributed by atoms with Gasteiger partial charge in [0, 0.05) is 12.1 Å². The Bertz CT molecular complexity index is 632. The number of carboxylic acid groups (broad SMARTS) is 1. The number of likely N-dealkylation sites (N-methyl/N-ethyl adjacent to an activating group) is 1. The van der Waals surface area contributed by atoms with Crippen molar-refractivity contribution in [1.82, 2.24) is 4.31 Å². The third-order valence-corrected chi connectivity index (χ3v) is 5.09. The average molecular weight is 311 g/mol. The first kappa shape index (κ1) is 13.4. The fraction of sp³-hybridized carbons (Fsp3) is 0.222. The van der Waals surface area contributed by atoms with Crippen molar-refractivity contribution in [2.24, 2.45) is 0 Å². The number of benzene rings is 1. The minimum absolute atomic E-state index is 0.0549. The van der Waals surface area contributed by atoms with E-state index in [0.717, 1.165) is 7.05 Å². The number of hydrogen-bond acceptors (Lipinski definition) is 4. The molecule has 0 amide bonds. The molecular weight excluding hydrogens is 303 g/mol. The summed E-state index contributed by atoms with van der Waals surface area (Å²) in [6.45, 7) is 0. The minimum Gasteiger partial charge on any atom is -0.479 e. The second-order valence-corrected chi connectivity index (χ2v) is 6.45. The standard InChI is InChI=1S/C9H8Cl2N2O4S/c1-13-8(9(14)15)12-6-3-4(10)2-5(11)7(6)18(13,16)17/h2-3,8,12H,1H3,(H,14,15). The Labute approximate surface area is 113 Å². The highest BCUT2D eigenvalue weighted by atomic mass is 35.5. The summed E-state index contributed by atoms with van der Waals surface area (Å²) >= 11 is 11.6. The topological polar surface area (TPSA) is 86.7 Å². The van der Waals surface area contributed by atoms with Crippen LogP contribution in [0.4, 0.5) is 5.69 Å². The van der Waals surface area contributed by atoms with E-state index in [1.165, 1.54) is 12.1 Å². The monoisotopic (exact) mass is 310 g/mol. The largest absolute Gasteiger partial charge is 0.479 e. The van der Waals surface area contributed by atoms with Crippen molar-refractivity contribution in [3.63, 3.8) is 0 Å². The molecule has 18 heavy (non-hydrogen) atoms. The first-order valence-corrected chi connectivity index (χ1v) is 6.91. The molecule has 1 aromatic carbocycles. The maximum Gasteiger partial charge on any atom is 0.342 e. The van der Waals surface area contributed by atoms with Gasteiger partial charge in [0.15, 0.2) is 6.17 Å². The molecule has 0 radical (unpaired) electrons. The number of halogens is 2. The summed E-state index contributed by atoms with van der Waals surface area (Å²) in [6.07, 6.45) is -1.39. The van der Waals surface area contributed by atoms with Crippen LogP contribution in [0.2, 0.25) is 10.0 Å². The molecule has 1 aromatic rings. The fourth-order valence-corrected chi connectivity index (χ4v) is 3.86. The highest BCUT2D eigenvalue weighted by Gasteiger charge is 2.40. The molecule has 98 valence electrons. The number of nitrogens with zero attached hydrogens (tertiary/aromatic N) is 1. The van der Waals surface area contributed by atoms with Gasteiger partial charge in [0.1, 0.15) is 4.90 Å². The number of anilines is 1. The lowest BCUT2D eigenvalue weighted by molar-refractivity contribution is -0.140. The Morgan fingerprint density at radius 3 is 2.61 bits per heavy atom. The van der Waals surface area contributed by atoms with Gasteiger partial charge in [0.25, 0.3) is 0 Å². The van der Waals surface area contributed by atoms with Gasteiger partial charge in [0.05, 0.1) is 10.7 Å². The minimum atomic E-state index is -3.96. The van der Waals surface area contributed by atoms with Crippen molar-refractivity contribution in [3.8, 4) is 0 Å². The second-order valence-electron chi connectivity index (χ2n) is 3.67. The van der Waals surface area contributed by atoms with E-state index in [0.29, 0.717) is 4.31 Å². The van der Waals surface area contributed by atoms with E-state index in [1.807, 2.05) is 0 Å². The lowest BCUT2D eigenvalue weighted by Crippen LogP contribution is -2.50. The summed E-state index contributed by atoms with van der Waals surface area (Å²) in [5.74, 6) is -1.32. The zero-order valence-electron chi connectivity index (χ0n) is 9.02. The van der Waals surface area contributed by atoms with Crippen LogP contribution in [0.15, 0.2) is 17.0 Å². The molecule has 0 aromatic heterocycles. The van der Waals surface area contributed by atoms with E-state index >= 15 is 0 Å². The number of carbonyl (C=O) groups is 1. The quantitative estimate of drug-likeness (QED) is 0.820. The molecule has 6 nitrogen and oxygen atoms in total. The Kier molecular flexibility index (Phi) is 3.18. The van der Waals surface area contributed by atoms with Gasteiger partial charge < -0.3 is 10.4 Å². The molecule has 1 aliphatic rings. The van der Waals surface area contributed by atoms with Gasteiger partial charge in [-0.25, -0.2) is 13.2 Å². The molecule has 0 bridgehead atoms. The Morgan fingerprint density at radius 1 is 1.44 bits per heavy atom. The summed E-state index contributed by atoms with van der Waals surface area (Å²) in [7, 11) is -2.80. The normalized spacial score (nSPS) is 22.1. The van der Waals surface area contributed by atoms with Crippen LogP contribution in [0, 0.1) is 0 Å². The Balaban J connectivity index is 2.72. The van der Waals surface area contributed by atoms with Crippen molar-refractivity contribution in [1.29, 1.82) is 0 Å². The van der Waals surface area contributed by atoms with Gasteiger partial charge >= 0.3 is 5.97 Å². The molecule has 2 N–H and O–H groups in total. The summed E-state index contributed by atoms with van der Waals surface area (Å²) in [5.41, 5.74) is 0.0815. The van der Waals surface area contributed by atoms with Gasteiger partial charge in [-0.3, -0.25) is 0 Å². The maximum absolute atomic E-state index is 12.1. The summed E-state index contributed by atoms with van der Waals surface area (Å²) in [4.78, 5) is 10.8. The molecule has 0 aliphatic carbocycles. The number of carboxylic acids is 1. The zero-order chi connectivity index (χ0) is 13.7. The van der Waals surface area contributed by atoms with Crippen LogP contribution in [0.1, 0.15) is 0 Å². The third kappa shape index (κ3) is 1.93. The zero-order valence-corrected chi connectivity index (χ0v) is 11.3. The van der Waals surface area contributed by atoms with Crippen molar-refractivity contribution in [2.45, 2.75) is 11.1 Å². The highest BCUT2D eigenvalue weighted by molar-refractivity contribution is 7.89. The first-order chi connectivity index (χ1) is 8.25. The summed E-state index contributed by atoms with van der Waals surface area (Å²) < 4.78 is 25.0. The Hall–Kier alpha value is -1.02. The predicted molar refractivity (Wildman–Crippen MR) is 66.5 cm³/mol. The van der Waals surface area contributed by atoms with Crippen LogP contribution >= 0.6 is 23.2 Å². The number of fused-ring (bicyclic) bond motifs is 1. The number of rotatable bonds is 1. The SMILES string of the molecule is CN1C(C(=O)O)Nc2cc(Cl)cc(Cl)c2S1(=O)=O. The number of sulfonamides is 1. The van der Waals surface area contributed by atoms with Crippen LogP contribution in [-0.4, -0.2) is 37.0 Å². The molecule has 0 fully saturated rings. The van der Waals surface area contributed by atoms with Crippen LogP contribution in [-0.2, 0) is 14.8 Å². The van der Waals surface area contributed by atoms with E-state index in [9.17, 15) is 13.2 Å². The summed E-state index contributed by atoms with van der Waals surface area (Å²) in [5, 5.41) is 11.7. The van der Waals surface area contributed by atoms with Gasteiger partial charge in [-0.05, 0) is 12.1 Å². The fourth-order valence-electron chi connectivity index (χ4n) is 1.67. The molecule has 1 heterocycles. The predicted octanol–water partition coefficient (Wildman–Crippen LogP) is 1.45. The second kappa shape index (κ2) is 4.27. The highest BCUT2D eigenvalue weighted by Crippen LogP contribution is 2.38. The molecule has 2 rings (SSSR count). The van der Waals surface area contributed by atoms with Gasteiger partial charge in [-0.1, -0.05) is 23.2 Å². The van der Waals surface area contributed by atoms with Crippen LogP contribution in [0.5, 0.6) is 0 Å². The first-order valence-electron chi connectivity index (χ1n) is 4.71.